The molecule has 0 aliphatic heterocycles. The van der Waals surface area contributed by atoms with Gasteiger partial charge in [-0.3, -0.25) is 14.4 Å². The number of benzene rings is 1. The number of carbonyl (C=O) groups is 3. The second kappa shape index (κ2) is 8.08. The van der Waals surface area contributed by atoms with Gasteiger partial charge in [0.1, 0.15) is 6.54 Å². The molecular weight excluding hydrogens is 306 g/mol. The van der Waals surface area contributed by atoms with E-state index in [2.05, 4.69) is 0 Å². The van der Waals surface area contributed by atoms with Gasteiger partial charge in [0.25, 0.3) is 0 Å². The number of hydrogen-bond donors (Lipinski definition) is 1. The van der Waals surface area contributed by atoms with Crippen LogP contribution in [0.2, 0.25) is 0 Å². The molecule has 0 radical (unpaired) electrons. The molecule has 5 heteroatoms. The third kappa shape index (κ3) is 4.66. The Labute approximate surface area is 142 Å². The third-order valence-electron chi connectivity index (χ3n) is 4.49. The summed E-state index contributed by atoms with van der Waals surface area (Å²) in [5, 5.41) is 8.89. The fourth-order valence-electron chi connectivity index (χ4n) is 3.12. The van der Waals surface area contributed by atoms with E-state index in [1.165, 1.54) is 22.4 Å². The van der Waals surface area contributed by atoms with Gasteiger partial charge in [0.2, 0.25) is 5.91 Å². The maximum Gasteiger partial charge on any atom is 0.323 e. The van der Waals surface area contributed by atoms with Crippen LogP contribution in [0, 0.1) is 0 Å². The van der Waals surface area contributed by atoms with E-state index in [-0.39, 0.29) is 37.1 Å². The van der Waals surface area contributed by atoms with Crippen LogP contribution in [0.5, 0.6) is 0 Å². The number of carbonyl (C=O) groups excluding carboxylic acids is 2. The summed E-state index contributed by atoms with van der Waals surface area (Å²) in [7, 11) is 0. The first kappa shape index (κ1) is 18.2. The summed E-state index contributed by atoms with van der Waals surface area (Å²) in [6.45, 7) is 3.21. The maximum absolute atomic E-state index is 12.4. The molecule has 0 spiro atoms. The molecule has 1 N–H and O–H groups in total. The molecule has 0 saturated carbocycles. The number of Topliss-reactive ketones (excluding diaryl/α,β-unsaturated/α-hetero) is 1. The van der Waals surface area contributed by atoms with Gasteiger partial charge in [-0.1, -0.05) is 12.1 Å². The molecule has 0 aromatic heterocycles. The predicted molar refractivity (Wildman–Crippen MR) is 91.1 cm³/mol. The van der Waals surface area contributed by atoms with E-state index in [0.717, 1.165) is 19.3 Å². The summed E-state index contributed by atoms with van der Waals surface area (Å²) in [6, 6.07) is 5.62. The van der Waals surface area contributed by atoms with Crippen LogP contribution in [0.25, 0.3) is 0 Å². The van der Waals surface area contributed by atoms with Crippen molar-refractivity contribution in [3.05, 3.63) is 34.9 Å². The fraction of sp³-hybridized carbons (Fsp3) is 0.526. The molecular formula is C19H25NO4. The number of amides is 1. The lowest BCUT2D eigenvalue weighted by molar-refractivity contribution is -0.145. The van der Waals surface area contributed by atoms with Crippen molar-refractivity contribution in [2.75, 3.05) is 6.54 Å². The van der Waals surface area contributed by atoms with Crippen LogP contribution >= 0.6 is 0 Å². The lowest BCUT2D eigenvalue weighted by atomic mass is 9.89. The van der Waals surface area contributed by atoms with Gasteiger partial charge in [-0.15, -0.1) is 0 Å². The molecule has 130 valence electrons. The van der Waals surface area contributed by atoms with E-state index in [4.69, 9.17) is 5.11 Å². The molecule has 0 atom stereocenters. The fourth-order valence-corrected chi connectivity index (χ4v) is 3.12. The van der Waals surface area contributed by atoms with Crippen molar-refractivity contribution in [3.8, 4) is 0 Å². The number of nitrogens with zero attached hydrogens (tertiary/aromatic N) is 1. The lowest BCUT2D eigenvalue weighted by Crippen LogP contribution is -2.40. The molecule has 24 heavy (non-hydrogen) atoms. The summed E-state index contributed by atoms with van der Waals surface area (Å²) in [5.74, 6) is -1.40. The molecule has 1 aliphatic carbocycles. The van der Waals surface area contributed by atoms with Gasteiger partial charge in [0.15, 0.2) is 5.78 Å². The molecule has 1 amide bonds. The first-order valence-corrected chi connectivity index (χ1v) is 8.54. The minimum atomic E-state index is -1.04. The van der Waals surface area contributed by atoms with Crippen molar-refractivity contribution in [3.63, 3.8) is 0 Å². The summed E-state index contributed by atoms with van der Waals surface area (Å²) >= 11 is 0. The molecule has 1 aliphatic rings. The zero-order valence-corrected chi connectivity index (χ0v) is 14.4. The van der Waals surface area contributed by atoms with Gasteiger partial charge in [0.05, 0.1) is 0 Å². The summed E-state index contributed by atoms with van der Waals surface area (Å²) in [4.78, 5) is 36.7. The zero-order valence-electron chi connectivity index (χ0n) is 14.4. The van der Waals surface area contributed by atoms with E-state index in [9.17, 15) is 14.4 Å². The van der Waals surface area contributed by atoms with Crippen LogP contribution < -0.4 is 0 Å². The van der Waals surface area contributed by atoms with E-state index in [1.54, 1.807) is 13.8 Å². The normalized spacial score (nSPS) is 13.5. The number of fused-ring (bicyclic) bond motifs is 1. The van der Waals surface area contributed by atoms with Crippen LogP contribution in [0.15, 0.2) is 18.2 Å². The molecule has 0 unspecified atom stereocenters. The van der Waals surface area contributed by atoms with Crippen molar-refractivity contribution in [1.29, 1.82) is 0 Å². The highest BCUT2D eigenvalue weighted by atomic mass is 16.4. The zero-order chi connectivity index (χ0) is 17.7. The largest absolute Gasteiger partial charge is 0.480 e. The Bertz CT molecular complexity index is 636. The Balaban J connectivity index is 1.97. The van der Waals surface area contributed by atoms with Crippen LogP contribution in [0.1, 0.15) is 61.0 Å². The number of hydrogen-bond acceptors (Lipinski definition) is 3. The molecule has 1 aromatic rings. The van der Waals surface area contributed by atoms with Gasteiger partial charge in [-0.25, -0.2) is 0 Å². The van der Waals surface area contributed by atoms with Crippen molar-refractivity contribution in [1.82, 2.24) is 4.90 Å². The Morgan fingerprint density at radius 2 is 1.75 bits per heavy atom. The molecule has 0 heterocycles. The lowest BCUT2D eigenvalue weighted by Gasteiger charge is -2.24. The van der Waals surface area contributed by atoms with E-state index in [0.29, 0.717) is 5.56 Å². The van der Waals surface area contributed by atoms with Gasteiger partial charge in [0, 0.05) is 24.4 Å². The van der Waals surface area contributed by atoms with Crippen LogP contribution in [0.3, 0.4) is 0 Å². The van der Waals surface area contributed by atoms with Gasteiger partial charge in [-0.2, -0.15) is 0 Å². The highest BCUT2D eigenvalue weighted by Gasteiger charge is 2.21. The van der Waals surface area contributed by atoms with Crippen molar-refractivity contribution in [2.24, 2.45) is 0 Å². The first-order chi connectivity index (χ1) is 11.4. The first-order valence-electron chi connectivity index (χ1n) is 8.54. The monoisotopic (exact) mass is 331 g/mol. The Morgan fingerprint density at radius 3 is 2.38 bits per heavy atom. The van der Waals surface area contributed by atoms with Crippen LogP contribution in [0.4, 0.5) is 0 Å². The van der Waals surface area contributed by atoms with Crippen molar-refractivity contribution < 1.29 is 19.5 Å². The number of ketones is 1. The Hall–Kier alpha value is -2.17. The smallest absolute Gasteiger partial charge is 0.323 e. The Morgan fingerprint density at radius 1 is 1.08 bits per heavy atom. The summed E-state index contributed by atoms with van der Waals surface area (Å²) in [6.07, 6.45) is 4.59. The predicted octanol–water partition coefficient (Wildman–Crippen LogP) is 2.85. The highest BCUT2D eigenvalue weighted by molar-refractivity contribution is 5.98. The van der Waals surface area contributed by atoms with Crippen molar-refractivity contribution >= 4 is 17.7 Å². The minimum absolute atomic E-state index is 0.0430. The second-order valence-corrected chi connectivity index (χ2v) is 6.62. The highest BCUT2D eigenvalue weighted by Crippen LogP contribution is 2.23. The molecule has 0 fully saturated rings. The molecule has 5 nitrogen and oxygen atoms in total. The molecule has 0 bridgehead atoms. The van der Waals surface area contributed by atoms with E-state index < -0.39 is 5.97 Å². The molecule has 0 saturated heterocycles. The molecule has 1 aromatic carbocycles. The number of aliphatic carboxylic acids is 1. The van der Waals surface area contributed by atoms with Gasteiger partial charge >= 0.3 is 5.97 Å². The number of rotatable bonds is 7. The average molecular weight is 331 g/mol. The average Bonchev–Trinajstić information content (AvgIpc) is 2.56. The summed E-state index contributed by atoms with van der Waals surface area (Å²) < 4.78 is 0. The quantitative estimate of drug-likeness (QED) is 0.780. The topological polar surface area (TPSA) is 74.7 Å². The third-order valence-corrected chi connectivity index (χ3v) is 4.49. The standard InChI is InChI=1S/C19H25NO4/c1-13(2)20(12-19(23)24)18(22)10-9-17(21)16-8-7-14-5-3-4-6-15(14)11-16/h7-8,11,13H,3-6,9-10,12H2,1-2H3,(H,23,24). The van der Waals surface area contributed by atoms with Crippen LogP contribution in [-0.4, -0.2) is 40.3 Å². The van der Waals surface area contributed by atoms with E-state index in [1.807, 2.05) is 18.2 Å². The Kier molecular flexibility index (Phi) is 6.12. The minimum Gasteiger partial charge on any atom is -0.480 e. The maximum atomic E-state index is 12.4. The molecule has 2 rings (SSSR count). The number of carboxylic acid groups (broad SMARTS) is 1. The van der Waals surface area contributed by atoms with Crippen LogP contribution in [-0.2, 0) is 22.4 Å². The summed E-state index contributed by atoms with van der Waals surface area (Å²) in [5.41, 5.74) is 3.22. The number of carboxylic acids is 1. The van der Waals surface area contributed by atoms with E-state index >= 15 is 0 Å². The van der Waals surface area contributed by atoms with Gasteiger partial charge < -0.3 is 10.0 Å². The van der Waals surface area contributed by atoms with Gasteiger partial charge in [-0.05, 0) is 56.7 Å². The second-order valence-electron chi connectivity index (χ2n) is 6.62. The van der Waals surface area contributed by atoms with Crippen molar-refractivity contribution in [2.45, 2.75) is 58.4 Å². The number of aryl methyl sites for hydroxylation is 2. The SMILES string of the molecule is CC(C)N(CC(=O)O)C(=O)CCC(=O)c1ccc2c(c1)CCCC2.